The van der Waals surface area contributed by atoms with Gasteiger partial charge in [-0.1, -0.05) is 6.92 Å². The number of hydrogen-bond donors (Lipinski definition) is 2. The second kappa shape index (κ2) is 10.8. The molecule has 1 heterocycles. The molecule has 0 bridgehead atoms. The molecule has 1 aliphatic rings. The van der Waals surface area contributed by atoms with Crippen molar-refractivity contribution in [2.75, 3.05) is 26.8 Å². The Hall–Kier alpha value is -0.900. The third kappa shape index (κ3) is 6.91. The van der Waals surface area contributed by atoms with Crippen LogP contribution in [-0.4, -0.2) is 53.6 Å². The van der Waals surface area contributed by atoms with Crippen LogP contribution in [0, 0.1) is 0 Å². The molecule has 1 aromatic heterocycles. The van der Waals surface area contributed by atoms with Crippen LogP contribution in [0.1, 0.15) is 32.0 Å². The van der Waals surface area contributed by atoms with Gasteiger partial charge in [-0.05, 0) is 19.3 Å². The van der Waals surface area contributed by atoms with Gasteiger partial charge in [-0.3, -0.25) is 4.99 Å². The summed E-state index contributed by atoms with van der Waals surface area (Å²) in [5.41, 5.74) is 0. The summed E-state index contributed by atoms with van der Waals surface area (Å²) in [5.74, 6) is 1.92. The summed E-state index contributed by atoms with van der Waals surface area (Å²) in [6, 6.07) is 0.597. The van der Waals surface area contributed by atoms with E-state index in [2.05, 4.69) is 37.3 Å². The van der Waals surface area contributed by atoms with Crippen LogP contribution in [-0.2, 0) is 17.7 Å². The standard InChI is InChI=1S/C14H26N6O.HI/c1-3-13-19-17-11-20(13)9-8-16-14(18-12-5-6-12)15-7-4-10-21-2;/h11-12H,3-10H2,1-2H3,(H2,15,16,18);1H. The maximum Gasteiger partial charge on any atom is 0.191 e. The number of nitrogens with zero attached hydrogens (tertiary/aromatic N) is 4. The second-order valence-corrected chi connectivity index (χ2v) is 5.22. The summed E-state index contributed by atoms with van der Waals surface area (Å²) in [4.78, 5) is 4.58. The van der Waals surface area contributed by atoms with Gasteiger partial charge in [0.05, 0.1) is 0 Å². The van der Waals surface area contributed by atoms with Gasteiger partial charge in [0, 0.05) is 45.8 Å². The first-order chi connectivity index (χ1) is 10.3. The van der Waals surface area contributed by atoms with Crippen LogP contribution >= 0.6 is 24.0 Å². The Balaban J connectivity index is 0.00000242. The molecule has 2 N–H and O–H groups in total. The molecule has 22 heavy (non-hydrogen) atoms. The van der Waals surface area contributed by atoms with E-state index in [1.807, 2.05) is 0 Å². The van der Waals surface area contributed by atoms with Gasteiger partial charge in [-0.2, -0.15) is 0 Å². The first kappa shape index (κ1) is 19.1. The SMILES string of the molecule is CCc1nncn1CCNC(=NCCCOC)NC1CC1.I. The number of methoxy groups -OCH3 is 1. The molecular formula is C14H27IN6O. The van der Waals surface area contributed by atoms with E-state index in [1.54, 1.807) is 13.4 Å². The third-order valence-corrected chi connectivity index (χ3v) is 3.35. The monoisotopic (exact) mass is 422 g/mol. The van der Waals surface area contributed by atoms with Gasteiger partial charge in [0.15, 0.2) is 5.96 Å². The Morgan fingerprint density at radius 3 is 3.00 bits per heavy atom. The van der Waals surface area contributed by atoms with Crippen molar-refractivity contribution < 1.29 is 4.74 Å². The van der Waals surface area contributed by atoms with Crippen molar-refractivity contribution in [3.63, 3.8) is 0 Å². The number of ether oxygens (including phenoxy) is 1. The Kier molecular flexibility index (Phi) is 9.37. The van der Waals surface area contributed by atoms with Crippen molar-refractivity contribution >= 4 is 29.9 Å². The van der Waals surface area contributed by atoms with Crippen molar-refractivity contribution in [3.8, 4) is 0 Å². The smallest absolute Gasteiger partial charge is 0.191 e. The topological polar surface area (TPSA) is 76.4 Å². The predicted octanol–water partition coefficient (Wildman–Crippen LogP) is 1.19. The van der Waals surface area contributed by atoms with E-state index >= 15 is 0 Å². The van der Waals surface area contributed by atoms with Gasteiger partial charge in [0.1, 0.15) is 12.2 Å². The molecule has 2 rings (SSSR count). The van der Waals surface area contributed by atoms with E-state index in [4.69, 9.17) is 4.74 Å². The van der Waals surface area contributed by atoms with Crippen molar-refractivity contribution in [3.05, 3.63) is 12.2 Å². The lowest BCUT2D eigenvalue weighted by atomic mass is 10.4. The maximum absolute atomic E-state index is 5.05. The van der Waals surface area contributed by atoms with Crippen LogP contribution in [0.2, 0.25) is 0 Å². The zero-order valence-electron chi connectivity index (χ0n) is 13.4. The number of aliphatic imine (C=N–C) groups is 1. The van der Waals surface area contributed by atoms with Crippen LogP contribution in [0.4, 0.5) is 0 Å². The lowest BCUT2D eigenvalue weighted by Gasteiger charge is -2.12. The number of rotatable bonds is 9. The molecule has 1 saturated carbocycles. The molecule has 1 aromatic rings. The minimum absolute atomic E-state index is 0. The Morgan fingerprint density at radius 1 is 1.50 bits per heavy atom. The van der Waals surface area contributed by atoms with Gasteiger partial charge in [0.25, 0.3) is 0 Å². The number of nitrogens with one attached hydrogen (secondary N) is 2. The van der Waals surface area contributed by atoms with E-state index < -0.39 is 0 Å². The highest BCUT2D eigenvalue weighted by Gasteiger charge is 2.22. The highest BCUT2D eigenvalue weighted by atomic mass is 127. The quantitative estimate of drug-likeness (QED) is 0.271. The molecule has 0 atom stereocenters. The Bertz CT molecular complexity index is 446. The van der Waals surface area contributed by atoms with Crippen molar-refractivity contribution in [1.29, 1.82) is 0 Å². The largest absolute Gasteiger partial charge is 0.385 e. The molecule has 0 saturated heterocycles. The molecule has 7 nitrogen and oxygen atoms in total. The molecule has 0 unspecified atom stereocenters. The number of guanidine groups is 1. The fourth-order valence-corrected chi connectivity index (χ4v) is 2.01. The number of hydrogen-bond acceptors (Lipinski definition) is 4. The highest BCUT2D eigenvalue weighted by Crippen LogP contribution is 2.18. The molecule has 0 aromatic carbocycles. The minimum Gasteiger partial charge on any atom is -0.385 e. The molecule has 0 amide bonds. The Morgan fingerprint density at radius 2 is 2.32 bits per heavy atom. The van der Waals surface area contributed by atoms with Crippen LogP contribution in [0.15, 0.2) is 11.3 Å². The van der Waals surface area contributed by atoms with E-state index in [-0.39, 0.29) is 24.0 Å². The predicted molar refractivity (Wildman–Crippen MR) is 97.8 cm³/mol. The summed E-state index contributed by atoms with van der Waals surface area (Å²) in [7, 11) is 1.72. The first-order valence-corrected chi connectivity index (χ1v) is 7.74. The van der Waals surface area contributed by atoms with Crippen molar-refractivity contribution in [1.82, 2.24) is 25.4 Å². The second-order valence-electron chi connectivity index (χ2n) is 5.22. The highest BCUT2D eigenvalue weighted by molar-refractivity contribution is 14.0. The first-order valence-electron chi connectivity index (χ1n) is 7.74. The summed E-state index contributed by atoms with van der Waals surface area (Å²) >= 11 is 0. The average molecular weight is 422 g/mol. The molecule has 1 fully saturated rings. The minimum atomic E-state index is 0. The Labute approximate surface area is 149 Å². The summed E-state index contributed by atoms with van der Waals surface area (Å²) in [5, 5.41) is 14.8. The van der Waals surface area contributed by atoms with E-state index in [0.717, 1.165) is 50.9 Å². The molecule has 0 aliphatic heterocycles. The van der Waals surface area contributed by atoms with Gasteiger partial charge < -0.3 is 19.9 Å². The molecule has 0 spiro atoms. The van der Waals surface area contributed by atoms with E-state index in [9.17, 15) is 0 Å². The molecule has 0 radical (unpaired) electrons. The van der Waals surface area contributed by atoms with Gasteiger partial charge >= 0.3 is 0 Å². The van der Waals surface area contributed by atoms with Crippen molar-refractivity contribution in [2.45, 2.75) is 45.2 Å². The molecule has 8 heteroatoms. The number of halogens is 1. The summed E-state index contributed by atoms with van der Waals surface area (Å²) in [6.07, 6.45) is 6.11. The van der Waals surface area contributed by atoms with Gasteiger partial charge in [-0.25, -0.2) is 0 Å². The van der Waals surface area contributed by atoms with E-state index in [1.165, 1.54) is 12.8 Å². The number of aryl methyl sites for hydroxylation is 1. The molecule has 126 valence electrons. The van der Waals surface area contributed by atoms with Crippen molar-refractivity contribution in [2.24, 2.45) is 4.99 Å². The van der Waals surface area contributed by atoms with Crippen LogP contribution < -0.4 is 10.6 Å². The lowest BCUT2D eigenvalue weighted by Crippen LogP contribution is -2.40. The third-order valence-electron chi connectivity index (χ3n) is 3.35. The summed E-state index contributed by atoms with van der Waals surface area (Å²) in [6.45, 7) is 5.28. The molecular weight excluding hydrogens is 395 g/mol. The van der Waals surface area contributed by atoms with Crippen LogP contribution in [0.5, 0.6) is 0 Å². The number of aromatic nitrogens is 3. The lowest BCUT2D eigenvalue weighted by molar-refractivity contribution is 0.197. The fourth-order valence-electron chi connectivity index (χ4n) is 2.01. The maximum atomic E-state index is 5.05. The fraction of sp³-hybridized carbons (Fsp3) is 0.786. The zero-order chi connectivity index (χ0) is 14.9. The normalized spacial score (nSPS) is 14.5. The molecule has 1 aliphatic carbocycles. The summed E-state index contributed by atoms with van der Waals surface area (Å²) < 4.78 is 7.12. The van der Waals surface area contributed by atoms with Gasteiger partial charge in [0.2, 0.25) is 0 Å². The average Bonchev–Trinajstić information content (AvgIpc) is 3.19. The van der Waals surface area contributed by atoms with Crippen LogP contribution in [0.25, 0.3) is 0 Å². The van der Waals surface area contributed by atoms with Gasteiger partial charge in [-0.15, -0.1) is 34.2 Å². The van der Waals surface area contributed by atoms with E-state index in [0.29, 0.717) is 6.04 Å². The van der Waals surface area contributed by atoms with Crippen LogP contribution in [0.3, 0.4) is 0 Å². The zero-order valence-corrected chi connectivity index (χ0v) is 15.7.